The molecular weight excluding hydrogens is 332 g/mol. The Labute approximate surface area is 153 Å². The first-order valence-corrected chi connectivity index (χ1v) is 9.83. The predicted octanol–water partition coefficient (Wildman–Crippen LogP) is 4.58. The zero-order valence-electron chi connectivity index (χ0n) is 15.1. The van der Waals surface area contributed by atoms with Crippen LogP contribution in [0.1, 0.15) is 66.4 Å². The average molecular weight is 359 g/mol. The molecule has 1 aliphatic heterocycles. The van der Waals surface area contributed by atoms with Crippen LogP contribution in [-0.2, 0) is 4.79 Å². The highest BCUT2D eigenvalue weighted by atomic mass is 32.1. The quantitative estimate of drug-likeness (QED) is 0.850. The largest absolute Gasteiger partial charge is 0.480 e. The van der Waals surface area contributed by atoms with Crippen LogP contribution >= 0.6 is 11.3 Å². The highest BCUT2D eigenvalue weighted by Gasteiger charge is 2.33. The van der Waals surface area contributed by atoms with E-state index in [0.717, 1.165) is 47.8 Å². The van der Waals surface area contributed by atoms with Gasteiger partial charge in [0.2, 0.25) is 0 Å². The molecular formula is C20H26N2O2S. The minimum Gasteiger partial charge on any atom is -0.480 e. The minimum atomic E-state index is -0.767. The Balaban J connectivity index is 1.83. The molecule has 2 aromatic rings. The van der Waals surface area contributed by atoms with Gasteiger partial charge >= 0.3 is 5.97 Å². The Kier molecular flexibility index (Phi) is 5.54. The number of aryl methyl sites for hydroxylation is 1. The first-order chi connectivity index (χ1) is 12.0. The highest BCUT2D eigenvalue weighted by molar-refractivity contribution is 7.09. The second-order valence-corrected chi connectivity index (χ2v) is 8.09. The summed E-state index contributed by atoms with van der Waals surface area (Å²) in [7, 11) is 0. The van der Waals surface area contributed by atoms with Gasteiger partial charge in [0.1, 0.15) is 6.04 Å². The number of benzene rings is 1. The normalized spacial score (nSPS) is 19.9. The molecule has 1 N–H and O–H groups in total. The Morgan fingerprint density at radius 1 is 1.36 bits per heavy atom. The first kappa shape index (κ1) is 18.1. The molecule has 2 atom stereocenters. The Hall–Kier alpha value is -1.72. The maximum absolute atomic E-state index is 12.0. The number of nitrogens with zero attached hydrogens (tertiary/aromatic N) is 2. The summed E-state index contributed by atoms with van der Waals surface area (Å²) in [6.07, 6.45) is 2.10. The summed E-state index contributed by atoms with van der Waals surface area (Å²) in [5.41, 5.74) is 3.08. The SMILES string of the molecule is Cc1ccccc1C(C(=O)O)N1CCCC(c2nc(C(C)C)cs2)C1. The van der Waals surface area contributed by atoms with Crippen molar-refractivity contribution in [2.24, 2.45) is 0 Å². The van der Waals surface area contributed by atoms with Gasteiger partial charge in [0.15, 0.2) is 0 Å². The molecule has 0 saturated carbocycles. The van der Waals surface area contributed by atoms with Crippen LogP contribution in [0.4, 0.5) is 0 Å². The Morgan fingerprint density at radius 2 is 2.12 bits per heavy atom. The molecule has 4 nitrogen and oxygen atoms in total. The van der Waals surface area contributed by atoms with Crippen LogP contribution in [0.3, 0.4) is 0 Å². The van der Waals surface area contributed by atoms with E-state index in [-0.39, 0.29) is 0 Å². The summed E-state index contributed by atoms with van der Waals surface area (Å²) in [5.74, 6) is -0.00231. The van der Waals surface area contributed by atoms with Crippen molar-refractivity contribution < 1.29 is 9.90 Å². The fraction of sp³-hybridized carbons (Fsp3) is 0.500. The molecule has 0 bridgehead atoms. The van der Waals surface area contributed by atoms with Crippen LogP contribution in [0.2, 0.25) is 0 Å². The summed E-state index contributed by atoms with van der Waals surface area (Å²) in [6.45, 7) is 7.89. The van der Waals surface area contributed by atoms with Crippen molar-refractivity contribution >= 4 is 17.3 Å². The van der Waals surface area contributed by atoms with Crippen molar-refractivity contribution in [2.75, 3.05) is 13.1 Å². The lowest BCUT2D eigenvalue weighted by molar-refractivity contribution is -0.144. The van der Waals surface area contributed by atoms with Gasteiger partial charge in [-0.2, -0.15) is 0 Å². The summed E-state index contributed by atoms with van der Waals surface area (Å²) in [6, 6.07) is 7.24. The molecule has 1 saturated heterocycles. The number of aliphatic carboxylic acids is 1. The predicted molar refractivity (Wildman–Crippen MR) is 101 cm³/mol. The topological polar surface area (TPSA) is 53.4 Å². The van der Waals surface area contributed by atoms with Crippen molar-refractivity contribution in [3.8, 4) is 0 Å². The van der Waals surface area contributed by atoms with Crippen LogP contribution in [0.5, 0.6) is 0 Å². The maximum atomic E-state index is 12.0. The first-order valence-electron chi connectivity index (χ1n) is 8.95. The van der Waals surface area contributed by atoms with Crippen LogP contribution in [0.25, 0.3) is 0 Å². The smallest absolute Gasteiger partial charge is 0.325 e. The third-order valence-corrected chi connectivity index (χ3v) is 6.04. The van der Waals surface area contributed by atoms with Gasteiger partial charge < -0.3 is 5.11 Å². The molecule has 134 valence electrons. The van der Waals surface area contributed by atoms with Gasteiger partial charge in [0, 0.05) is 17.8 Å². The van der Waals surface area contributed by atoms with E-state index in [1.54, 1.807) is 11.3 Å². The van der Waals surface area contributed by atoms with E-state index in [9.17, 15) is 9.90 Å². The van der Waals surface area contributed by atoms with Gasteiger partial charge in [0.25, 0.3) is 0 Å². The fourth-order valence-electron chi connectivity index (χ4n) is 3.58. The van der Waals surface area contributed by atoms with E-state index in [4.69, 9.17) is 4.98 Å². The van der Waals surface area contributed by atoms with Crippen molar-refractivity contribution in [3.63, 3.8) is 0 Å². The lowest BCUT2D eigenvalue weighted by Crippen LogP contribution is -2.41. The zero-order valence-corrected chi connectivity index (χ0v) is 15.9. The van der Waals surface area contributed by atoms with Crippen molar-refractivity contribution in [2.45, 2.75) is 51.5 Å². The number of thiazole rings is 1. The van der Waals surface area contributed by atoms with E-state index >= 15 is 0 Å². The molecule has 1 fully saturated rings. The molecule has 0 aliphatic carbocycles. The molecule has 2 heterocycles. The Bertz CT molecular complexity index is 741. The van der Waals surface area contributed by atoms with Gasteiger partial charge in [-0.3, -0.25) is 9.69 Å². The van der Waals surface area contributed by atoms with E-state index in [2.05, 4.69) is 24.1 Å². The lowest BCUT2D eigenvalue weighted by atomic mass is 9.93. The summed E-state index contributed by atoms with van der Waals surface area (Å²) in [5, 5.41) is 13.2. The number of carbonyl (C=O) groups is 1. The molecule has 25 heavy (non-hydrogen) atoms. The lowest BCUT2D eigenvalue weighted by Gasteiger charge is -2.36. The van der Waals surface area contributed by atoms with Crippen molar-refractivity contribution in [1.29, 1.82) is 0 Å². The van der Waals surface area contributed by atoms with Crippen LogP contribution in [-0.4, -0.2) is 34.0 Å². The number of carboxylic acids is 1. The summed E-state index contributed by atoms with van der Waals surface area (Å²) < 4.78 is 0. The number of likely N-dealkylation sites (tertiary alicyclic amines) is 1. The van der Waals surface area contributed by atoms with E-state index in [0.29, 0.717) is 11.8 Å². The third kappa shape index (κ3) is 3.93. The van der Waals surface area contributed by atoms with Gasteiger partial charge in [-0.1, -0.05) is 38.1 Å². The highest BCUT2D eigenvalue weighted by Crippen LogP contribution is 2.35. The van der Waals surface area contributed by atoms with Crippen LogP contribution in [0.15, 0.2) is 29.6 Å². The van der Waals surface area contributed by atoms with Gasteiger partial charge in [-0.25, -0.2) is 4.98 Å². The summed E-state index contributed by atoms with van der Waals surface area (Å²) in [4.78, 5) is 19.0. The summed E-state index contributed by atoms with van der Waals surface area (Å²) >= 11 is 1.72. The fourth-order valence-corrected chi connectivity index (χ4v) is 4.68. The molecule has 0 amide bonds. The van der Waals surface area contributed by atoms with Crippen LogP contribution in [0, 0.1) is 6.92 Å². The van der Waals surface area contributed by atoms with Gasteiger partial charge in [0.05, 0.1) is 10.7 Å². The van der Waals surface area contributed by atoms with Crippen LogP contribution < -0.4 is 0 Å². The zero-order chi connectivity index (χ0) is 18.0. The minimum absolute atomic E-state index is 0.331. The molecule has 3 rings (SSSR count). The number of hydrogen-bond donors (Lipinski definition) is 1. The molecule has 2 unspecified atom stereocenters. The van der Waals surface area contributed by atoms with Gasteiger partial charge in [-0.05, 0) is 43.4 Å². The van der Waals surface area contributed by atoms with Crippen molar-refractivity contribution in [1.82, 2.24) is 9.88 Å². The van der Waals surface area contributed by atoms with E-state index in [1.165, 1.54) is 0 Å². The molecule has 0 radical (unpaired) electrons. The standard InChI is InChI=1S/C20H26N2O2S/c1-13(2)17-12-25-19(21-17)15-8-6-10-22(11-15)18(20(23)24)16-9-5-4-7-14(16)3/h4-5,7,9,12-13,15,18H,6,8,10-11H2,1-3H3,(H,23,24). The molecule has 0 spiro atoms. The Morgan fingerprint density at radius 3 is 2.76 bits per heavy atom. The third-order valence-electron chi connectivity index (χ3n) is 5.02. The average Bonchev–Trinajstić information content (AvgIpc) is 3.07. The number of aromatic nitrogens is 1. The molecule has 1 aromatic heterocycles. The number of piperidine rings is 1. The number of carboxylic acid groups (broad SMARTS) is 1. The second kappa shape index (κ2) is 7.67. The monoisotopic (exact) mass is 358 g/mol. The van der Waals surface area contributed by atoms with E-state index in [1.807, 2.05) is 31.2 Å². The van der Waals surface area contributed by atoms with Crippen molar-refractivity contribution in [3.05, 3.63) is 51.5 Å². The number of rotatable bonds is 5. The molecule has 5 heteroatoms. The molecule has 1 aromatic carbocycles. The molecule has 1 aliphatic rings. The van der Waals surface area contributed by atoms with E-state index < -0.39 is 12.0 Å². The van der Waals surface area contributed by atoms with Gasteiger partial charge in [-0.15, -0.1) is 11.3 Å². The maximum Gasteiger partial charge on any atom is 0.325 e. The number of hydrogen-bond acceptors (Lipinski definition) is 4. The second-order valence-electron chi connectivity index (χ2n) is 7.20.